The molecule has 38 heavy (non-hydrogen) atoms. The molecule has 5 rings (SSSR count). The van der Waals surface area contributed by atoms with Crippen LogP contribution in [0.1, 0.15) is 0 Å². The highest BCUT2D eigenvalue weighted by Gasteiger charge is 2.15. The van der Waals surface area contributed by atoms with Gasteiger partial charge in [0.05, 0.1) is 46.8 Å². The zero-order chi connectivity index (χ0) is 26.6. The molecule has 7 nitrogen and oxygen atoms in total. The van der Waals surface area contributed by atoms with Crippen LogP contribution in [0.2, 0.25) is 0 Å². The molecule has 192 valence electrons. The van der Waals surface area contributed by atoms with Gasteiger partial charge >= 0.3 is 0 Å². The molecular formula is C31H28N2O5. The molecule has 0 radical (unpaired) electrons. The Morgan fingerprint density at radius 2 is 0.921 bits per heavy atom. The molecule has 0 atom stereocenters. The molecule has 0 unspecified atom stereocenters. The maximum atomic E-state index is 5.84. The zero-order valence-corrected chi connectivity index (χ0v) is 21.9. The first kappa shape index (κ1) is 24.9. The van der Waals surface area contributed by atoms with E-state index in [4.69, 9.17) is 23.7 Å². The lowest BCUT2D eigenvalue weighted by molar-refractivity contribution is 0.355. The molecular weight excluding hydrogens is 480 g/mol. The van der Waals surface area contributed by atoms with Crippen LogP contribution >= 0.6 is 0 Å². The van der Waals surface area contributed by atoms with Gasteiger partial charge in [0.1, 0.15) is 12.1 Å². The molecule has 0 N–H and O–H groups in total. The summed E-state index contributed by atoms with van der Waals surface area (Å²) >= 11 is 0. The highest BCUT2D eigenvalue weighted by molar-refractivity contribution is 5.96. The summed E-state index contributed by atoms with van der Waals surface area (Å²) in [7, 11) is 8.17. The third kappa shape index (κ3) is 4.54. The Labute approximate surface area is 221 Å². The molecule has 0 saturated heterocycles. The van der Waals surface area contributed by atoms with Crippen LogP contribution in [0.25, 0.3) is 44.4 Å². The van der Waals surface area contributed by atoms with Crippen molar-refractivity contribution in [1.82, 2.24) is 9.97 Å². The molecule has 1 aromatic heterocycles. The minimum atomic E-state index is 0.664. The Bertz CT molecular complexity index is 1620. The van der Waals surface area contributed by atoms with Crippen LogP contribution in [0.5, 0.6) is 28.7 Å². The lowest BCUT2D eigenvalue weighted by Gasteiger charge is -2.14. The topological polar surface area (TPSA) is 71.9 Å². The van der Waals surface area contributed by atoms with Gasteiger partial charge in [-0.15, -0.1) is 0 Å². The highest BCUT2D eigenvalue weighted by Crippen LogP contribution is 2.40. The average molecular weight is 509 g/mol. The van der Waals surface area contributed by atoms with Gasteiger partial charge in [-0.3, -0.25) is 0 Å². The summed E-state index contributed by atoms with van der Waals surface area (Å²) in [6.07, 6.45) is 1.58. The predicted molar refractivity (Wildman–Crippen MR) is 149 cm³/mol. The third-order valence-electron chi connectivity index (χ3n) is 6.53. The van der Waals surface area contributed by atoms with E-state index in [-0.39, 0.29) is 0 Å². The summed E-state index contributed by atoms with van der Waals surface area (Å²) in [4.78, 5) is 9.16. The van der Waals surface area contributed by atoms with Crippen LogP contribution in [-0.4, -0.2) is 45.5 Å². The standard InChI is InChI=1S/C31H28N2O5/c1-34-26-12-8-21(16-29(26)37-4)19-7-11-25-24(14-19)31(33-18-32-25)23-10-6-20(15-28(23)36-3)22-9-13-27(35-2)30(17-22)38-5/h6-18H,1-5H3. The summed E-state index contributed by atoms with van der Waals surface area (Å²) in [6, 6.07) is 23.9. The van der Waals surface area contributed by atoms with Crippen LogP contribution in [0, 0.1) is 0 Å². The van der Waals surface area contributed by atoms with Gasteiger partial charge in [-0.05, 0) is 70.8 Å². The second-order valence-corrected chi connectivity index (χ2v) is 8.51. The summed E-state index contributed by atoms with van der Waals surface area (Å²) in [5, 5.41) is 0.914. The van der Waals surface area contributed by atoms with Gasteiger partial charge in [-0.1, -0.05) is 24.3 Å². The second-order valence-electron chi connectivity index (χ2n) is 8.51. The van der Waals surface area contributed by atoms with Gasteiger partial charge in [-0.2, -0.15) is 0 Å². The minimum Gasteiger partial charge on any atom is -0.496 e. The first-order chi connectivity index (χ1) is 18.6. The maximum Gasteiger partial charge on any atom is 0.161 e. The molecule has 1 heterocycles. The van der Waals surface area contributed by atoms with Crippen molar-refractivity contribution in [3.05, 3.63) is 79.1 Å². The zero-order valence-electron chi connectivity index (χ0n) is 21.9. The van der Waals surface area contributed by atoms with E-state index in [9.17, 15) is 0 Å². The van der Waals surface area contributed by atoms with Crippen LogP contribution in [0.15, 0.2) is 79.1 Å². The van der Waals surface area contributed by atoms with Crippen LogP contribution in [0.3, 0.4) is 0 Å². The fourth-order valence-corrected chi connectivity index (χ4v) is 4.55. The average Bonchev–Trinajstić information content (AvgIpc) is 2.99. The van der Waals surface area contributed by atoms with Gasteiger partial charge in [0.2, 0.25) is 0 Å². The summed E-state index contributed by atoms with van der Waals surface area (Å²) in [5.74, 6) is 3.39. The van der Waals surface area contributed by atoms with Crippen molar-refractivity contribution < 1.29 is 23.7 Å². The van der Waals surface area contributed by atoms with E-state index in [2.05, 4.69) is 16.0 Å². The lowest BCUT2D eigenvalue weighted by atomic mass is 9.97. The number of methoxy groups -OCH3 is 5. The molecule has 5 aromatic rings. The molecule has 0 bridgehead atoms. The van der Waals surface area contributed by atoms with Gasteiger partial charge < -0.3 is 23.7 Å². The van der Waals surface area contributed by atoms with E-state index < -0.39 is 0 Å². The van der Waals surface area contributed by atoms with Crippen molar-refractivity contribution in [3.8, 4) is 62.3 Å². The highest BCUT2D eigenvalue weighted by atomic mass is 16.5. The SMILES string of the molecule is COc1ccc(-c2ccc(-c3ncnc4ccc(-c5ccc(OC)c(OC)c5)cc34)c(OC)c2)cc1OC. The van der Waals surface area contributed by atoms with Crippen LogP contribution in [0.4, 0.5) is 0 Å². The number of aromatic nitrogens is 2. The minimum absolute atomic E-state index is 0.664. The van der Waals surface area contributed by atoms with Crippen LogP contribution in [-0.2, 0) is 0 Å². The van der Waals surface area contributed by atoms with Crippen molar-refractivity contribution in [1.29, 1.82) is 0 Å². The Morgan fingerprint density at radius 1 is 0.447 bits per heavy atom. The molecule has 4 aromatic carbocycles. The van der Waals surface area contributed by atoms with E-state index >= 15 is 0 Å². The summed E-state index contributed by atoms with van der Waals surface area (Å²) in [5.41, 5.74) is 6.46. The van der Waals surface area contributed by atoms with E-state index in [0.717, 1.165) is 44.4 Å². The van der Waals surface area contributed by atoms with Crippen molar-refractivity contribution >= 4 is 10.9 Å². The molecule has 0 spiro atoms. The smallest absolute Gasteiger partial charge is 0.161 e. The number of hydrogen-bond acceptors (Lipinski definition) is 7. The number of nitrogens with zero attached hydrogens (tertiary/aromatic N) is 2. The maximum absolute atomic E-state index is 5.84. The number of rotatable bonds is 8. The summed E-state index contributed by atoms with van der Waals surface area (Å²) < 4.78 is 27.6. The number of hydrogen-bond donors (Lipinski definition) is 0. The lowest BCUT2D eigenvalue weighted by Crippen LogP contribution is -1.95. The normalized spacial score (nSPS) is 10.8. The first-order valence-corrected chi connectivity index (χ1v) is 12.0. The second kappa shape index (κ2) is 10.7. The molecule has 0 saturated carbocycles. The Balaban J connectivity index is 1.60. The number of benzene rings is 4. The van der Waals surface area contributed by atoms with E-state index in [0.29, 0.717) is 28.7 Å². The Kier molecular flexibility index (Phi) is 7.00. The van der Waals surface area contributed by atoms with Crippen molar-refractivity contribution in [2.75, 3.05) is 35.5 Å². The molecule has 0 fully saturated rings. The quantitative estimate of drug-likeness (QED) is 0.232. The third-order valence-corrected chi connectivity index (χ3v) is 6.53. The molecule has 0 aliphatic heterocycles. The molecule has 7 heteroatoms. The van der Waals surface area contributed by atoms with Gasteiger partial charge in [-0.25, -0.2) is 9.97 Å². The molecule has 0 amide bonds. The van der Waals surface area contributed by atoms with E-state index in [1.54, 1.807) is 41.9 Å². The number of ether oxygens (including phenoxy) is 5. The summed E-state index contributed by atoms with van der Waals surface area (Å²) in [6.45, 7) is 0. The van der Waals surface area contributed by atoms with E-state index in [1.165, 1.54) is 0 Å². The first-order valence-electron chi connectivity index (χ1n) is 12.0. The van der Waals surface area contributed by atoms with Gasteiger partial charge in [0.15, 0.2) is 23.0 Å². The predicted octanol–water partition coefficient (Wildman–Crippen LogP) is 6.67. The van der Waals surface area contributed by atoms with Crippen molar-refractivity contribution in [2.45, 2.75) is 0 Å². The van der Waals surface area contributed by atoms with Gasteiger partial charge in [0, 0.05) is 10.9 Å². The van der Waals surface area contributed by atoms with Crippen LogP contribution < -0.4 is 23.7 Å². The largest absolute Gasteiger partial charge is 0.496 e. The van der Waals surface area contributed by atoms with Crippen molar-refractivity contribution in [2.24, 2.45) is 0 Å². The van der Waals surface area contributed by atoms with Crippen molar-refractivity contribution in [3.63, 3.8) is 0 Å². The molecule has 0 aliphatic rings. The number of fused-ring (bicyclic) bond motifs is 1. The van der Waals surface area contributed by atoms with E-state index in [1.807, 2.05) is 66.7 Å². The molecule has 0 aliphatic carbocycles. The fourth-order valence-electron chi connectivity index (χ4n) is 4.55. The Morgan fingerprint density at radius 3 is 1.47 bits per heavy atom. The fraction of sp³-hybridized carbons (Fsp3) is 0.161. The monoisotopic (exact) mass is 508 g/mol. The Hall–Kier alpha value is -4.78. The van der Waals surface area contributed by atoms with Gasteiger partial charge in [0.25, 0.3) is 0 Å².